The molecule has 0 unspecified atom stereocenters. The van der Waals surface area contributed by atoms with Gasteiger partial charge < -0.3 is 11.1 Å². The van der Waals surface area contributed by atoms with Crippen molar-refractivity contribution in [2.75, 3.05) is 12.3 Å². The van der Waals surface area contributed by atoms with Gasteiger partial charge in [-0.05, 0) is 18.3 Å². The fraction of sp³-hybridized carbons (Fsp3) is 0.667. The maximum absolute atomic E-state index is 11.9. The van der Waals surface area contributed by atoms with E-state index in [2.05, 4.69) is 17.3 Å². The molecule has 1 fully saturated rings. The highest BCUT2D eigenvalue weighted by atomic mass is 16.1. The van der Waals surface area contributed by atoms with Crippen LogP contribution in [0.2, 0.25) is 0 Å². The van der Waals surface area contributed by atoms with Crippen LogP contribution in [0.4, 0.5) is 5.82 Å². The largest absolute Gasteiger partial charge is 0.383 e. The second kappa shape index (κ2) is 4.39. The average Bonchev–Trinajstić information content (AvgIpc) is 2.86. The molecule has 5 heteroatoms. The molecule has 5 nitrogen and oxygen atoms in total. The van der Waals surface area contributed by atoms with Gasteiger partial charge in [-0.15, -0.1) is 0 Å². The summed E-state index contributed by atoms with van der Waals surface area (Å²) >= 11 is 0. The number of aryl methyl sites for hydroxylation is 1. The van der Waals surface area contributed by atoms with Crippen molar-refractivity contribution in [3.8, 4) is 0 Å². The molecule has 1 heterocycles. The molecule has 1 aliphatic carbocycles. The highest BCUT2D eigenvalue weighted by Gasteiger charge is 2.29. The van der Waals surface area contributed by atoms with Crippen LogP contribution < -0.4 is 11.1 Å². The third kappa shape index (κ3) is 2.43. The van der Waals surface area contributed by atoms with E-state index >= 15 is 0 Å². The van der Waals surface area contributed by atoms with E-state index in [1.807, 2.05) is 0 Å². The number of nitrogens with one attached hydrogen (secondary N) is 1. The summed E-state index contributed by atoms with van der Waals surface area (Å²) in [6.07, 6.45) is 6.43. The molecule has 0 bridgehead atoms. The van der Waals surface area contributed by atoms with Crippen LogP contribution in [0, 0.1) is 5.41 Å². The molecule has 1 aromatic heterocycles. The number of amides is 1. The molecule has 17 heavy (non-hydrogen) atoms. The molecular weight excluding hydrogens is 216 g/mol. The summed E-state index contributed by atoms with van der Waals surface area (Å²) in [6.45, 7) is 2.95. The summed E-state index contributed by atoms with van der Waals surface area (Å²) in [6, 6.07) is 0. The average molecular weight is 236 g/mol. The zero-order chi connectivity index (χ0) is 12.5. The third-order valence-corrected chi connectivity index (χ3v) is 3.72. The van der Waals surface area contributed by atoms with E-state index < -0.39 is 0 Å². The van der Waals surface area contributed by atoms with E-state index in [0.717, 1.165) is 6.54 Å². The number of aromatic nitrogens is 2. The van der Waals surface area contributed by atoms with E-state index in [9.17, 15) is 4.79 Å². The van der Waals surface area contributed by atoms with Crippen LogP contribution in [0.1, 0.15) is 43.0 Å². The van der Waals surface area contributed by atoms with Gasteiger partial charge >= 0.3 is 0 Å². The number of nitrogens with two attached hydrogens (primary N) is 1. The van der Waals surface area contributed by atoms with Crippen LogP contribution in [0.5, 0.6) is 0 Å². The summed E-state index contributed by atoms with van der Waals surface area (Å²) in [7, 11) is 1.73. The van der Waals surface area contributed by atoms with E-state index in [0.29, 0.717) is 11.4 Å². The van der Waals surface area contributed by atoms with Crippen LogP contribution in [-0.2, 0) is 7.05 Å². The van der Waals surface area contributed by atoms with Crippen molar-refractivity contribution >= 4 is 11.7 Å². The Kier molecular flexibility index (Phi) is 3.09. The van der Waals surface area contributed by atoms with Gasteiger partial charge in [0.1, 0.15) is 11.4 Å². The number of anilines is 1. The maximum Gasteiger partial charge on any atom is 0.256 e. The zero-order valence-electron chi connectivity index (χ0n) is 10.5. The van der Waals surface area contributed by atoms with Crippen LogP contribution >= 0.6 is 0 Å². The number of rotatable bonds is 3. The SMILES string of the molecule is Cn1ncc(C(=O)NCC2(C)CCCC2)c1N. The normalized spacial score (nSPS) is 18.2. The Morgan fingerprint density at radius 3 is 2.76 bits per heavy atom. The third-order valence-electron chi connectivity index (χ3n) is 3.72. The molecule has 1 aromatic rings. The van der Waals surface area contributed by atoms with E-state index in [-0.39, 0.29) is 11.3 Å². The van der Waals surface area contributed by atoms with Crippen molar-refractivity contribution in [3.63, 3.8) is 0 Å². The molecule has 2 rings (SSSR count). The van der Waals surface area contributed by atoms with Crippen molar-refractivity contribution in [3.05, 3.63) is 11.8 Å². The standard InChI is InChI=1S/C12H20N4O/c1-12(5-3-4-6-12)8-14-11(17)9-7-15-16(2)10(9)13/h7H,3-6,8,13H2,1-2H3,(H,14,17). The van der Waals surface area contributed by atoms with Gasteiger partial charge in [-0.2, -0.15) is 5.10 Å². The molecule has 1 saturated carbocycles. The number of nitrogen functional groups attached to an aromatic ring is 1. The summed E-state index contributed by atoms with van der Waals surface area (Å²) in [4.78, 5) is 11.9. The molecule has 1 amide bonds. The van der Waals surface area contributed by atoms with E-state index in [4.69, 9.17) is 5.73 Å². The molecule has 94 valence electrons. The lowest BCUT2D eigenvalue weighted by atomic mass is 9.89. The fourth-order valence-corrected chi connectivity index (χ4v) is 2.42. The Labute approximate surface area is 101 Å². The monoisotopic (exact) mass is 236 g/mol. The van der Waals surface area contributed by atoms with Crippen LogP contribution in [0.15, 0.2) is 6.20 Å². The van der Waals surface area contributed by atoms with Crippen LogP contribution in [0.3, 0.4) is 0 Å². The van der Waals surface area contributed by atoms with Gasteiger partial charge in [-0.25, -0.2) is 0 Å². The lowest BCUT2D eigenvalue weighted by molar-refractivity contribution is 0.0935. The lowest BCUT2D eigenvalue weighted by Crippen LogP contribution is -2.34. The predicted molar refractivity (Wildman–Crippen MR) is 66.5 cm³/mol. The second-order valence-corrected chi connectivity index (χ2v) is 5.27. The van der Waals surface area contributed by atoms with Crippen LogP contribution in [-0.4, -0.2) is 22.2 Å². The van der Waals surface area contributed by atoms with Gasteiger partial charge in [-0.1, -0.05) is 19.8 Å². The molecule has 0 spiro atoms. The first-order valence-electron chi connectivity index (χ1n) is 6.07. The van der Waals surface area contributed by atoms with Crippen molar-refractivity contribution in [1.82, 2.24) is 15.1 Å². The summed E-state index contributed by atoms with van der Waals surface area (Å²) < 4.78 is 1.51. The Hall–Kier alpha value is -1.52. The molecule has 1 aliphatic rings. The van der Waals surface area contributed by atoms with Crippen molar-refractivity contribution < 1.29 is 4.79 Å². The minimum absolute atomic E-state index is 0.122. The predicted octanol–water partition coefficient (Wildman–Crippen LogP) is 1.31. The highest BCUT2D eigenvalue weighted by molar-refractivity contribution is 5.98. The number of hydrogen-bond acceptors (Lipinski definition) is 3. The van der Waals surface area contributed by atoms with Gasteiger partial charge in [0.25, 0.3) is 5.91 Å². The summed E-state index contributed by atoms with van der Waals surface area (Å²) in [5.41, 5.74) is 6.48. The highest BCUT2D eigenvalue weighted by Crippen LogP contribution is 2.36. The Morgan fingerprint density at radius 1 is 1.59 bits per heavy atom. The smallest absolute Gasteiger partial charge is 0.256 e. The molecule has 0 aliphatic heterocycles. The maximum atomic E-state index is 11.9. The lowest BCUT2D eigenvalue weighted by Gasteiger charge is -2.23. The van der Waals surface area contributed by atoms with Gasteiger partial charge in [0, 0.05) is 13.6 Å². The fourth-order valence-electron chi connectivity index (χ4n) is 2.42. The van der Waals surface area contributed by atoms with Crippen molar-refractivity contribution in [2.24, 2.45) is 12.5 Å². The van der Waals surface area contributed by atoms with Gasteiger partial charge in [0.05, 0.1) is 6.20 Å². The first-order valence-corrected chi connectivity index (χ1v) is 6.07. The molecule has 0 atom stereocenters. The second-order valence-electron chi connectivity index (χ2n) is 5.27. The zero-order valence-corrected chi connectivity index (χ0v) is 10.5. The topological polar surface area (TPSA) is 72.9 Å². The molecular formula is C12H20N4O. The number of nitrogens with zero attached hydrogens (tertiary/aromatic N) is 2. The number of carbonyl (C=O) groups excluding carboxylic acids is 1. The number of carbonyl (C=O) groups is 1. The van der Waals surface area contributed by atoms with E-state index in [1.54, 1.807) is 7.05 Å². The minimum Gasteiger partial charge on any atom is -0.383 e. The molecule has 0 saturated heterocycles. The van der Waals surface area contributed by atoms with E-state index in [1.165, 1.54) is 36.6 Å². The summed E-state index contributed by atoms with van der Waals surface area (Å²) in [5, 5.41) is 6.93. The Bertz CT molecular complexity index is 418. The van der Waals surface area contributed by atoms with Crippen molar-refractivity contribution in [2.45, 2.75) is 32.6 Å². The molecule has 0 radical (unpaired) electrons. The first kappa shape index (κ1) is 12.0. The Morgan fingerprint density at radius 2 is 2.24 bits per heavy atom. The minimum atomic E-state index is -0.122. The van der Waals surface area contributed by atoms with Crippen LogP contribution in [0.25, 0.3) is 0 Å². The first-order chi connectivity index (χ1) is 8.02. The molecule has 3 N–H and O–H groups in total. The van der Waals surface area contributed by atoms with Gasteiger partial charge in [-0.3, -0.25) is 9.48 Å². The van der Waals surface area contributed by atoms with Gasteiger partial charge in [0.15, 0.2) is 0 Å². The van der Waals surface area contributed by atoms with Crippen molar-refractivity contribution in [1.29, 1.82) is 0 Å². The summed E-state index contributed by atoms with van der Waals surface area (Å²) in [5.74, 6) is 0.294. The number of hydrogen-bond donors (Lipinski definition) is 2. The molecule has 0 aromatic carbocycles. The Balaban J connectivity index is 1.96. The quantitative estimate of drug-likeness (QED) is 0.831. The van der Waals surface area contributed by atoms with Gasteiger partial charge in [0.2, 0.25) is 0 Å².